The first kappa shape index (κ1) is 21.2. The van der Waals surface area contributed by atoms with E-state index in [9.17, 15) is 9.59 Å². The second-order valence-electron chi connectivity index (χ2n) is 8.92. The average molecular weight is 449 g/mol. The Morgan fingerprint density at radius 1 is 1.21 bits per heavy atom. The number of rotatable bonds is 6. The minimum Gasteiger partial charge on any atom is -0.329 e. The highest BCUT2D eigenvalue weighted by molar-refractivity contribution is 5.96. The van der Waals surface area contributed by atoms with E-state index >= 15 is 0 Å². The van der Waals surface area contributed by atoms with Crippen LogP contribution in [0.3, 0.4) is 0 Å². The van der Waals surface area contributed by atoms with E-state index in [0.717, 1.165) is 60.7 Å². The molecule has 10 nitrogen and oxygen atoms in total. The van der Waals surface area contributed by atoms with Gasteiger partial charge < -0.3 is 20.5 Å². The number of hydrogen-bond donors (Lipinski definition) is 4. The van der Waals surface area contributed by atoms with Crippen molar-refractivity contribution in [1.29, 1.82) is 0 Å². The van der Waals surface area contributed by atoms with Gasteiger partial charge in [0.2, 0.25) is 17.4 Å². The van der Waals surface area contributed by atoms with Gasteiger partial charge in [0.15, 0.2) is 5.82 Å². The molecule has 0 radical (unpaired) electrons. The Morgan fingerprint density at radius 3 is 2.85 bits per heavy atom. The summed E-state index contributed by atoms with van der Waals surface area (Å²) in [6.07, 6.45) is 5.97. The highest BCUT2D eigenvalue weighted by atomic mass is 16.2. The molecule has 1 atom stereocenters. The molecule has 0 spiro atoms. The van der Waals surface area contributed by atoms with Crippen molar-refractivity contribution in [3.8, 4) is 0 Å². The molecular formula is C23H28N8O2. The van der Waals surface area contributed by atoms with Crippen LogP contribution in [0.15, 0.2) is 29.2 Å². The molecule has 0 bridgehead atoms. The van der Waals surface area contributed by atoms with Gasteiger partial charge in [0.1, 0.15) is 11.9 Å². The lowest BCUT2D eigenvalue weighted by Crippen LogP contribution is -2.40. The van der Waals surface area contributed by atoms with Crippen molar-refractivity contribution in [2.24, 2.45) is 0 Å². The number of aromatic nitrogens is 5. The molecule has 5 rings (SSSR count). The monoisotopic (exact) mass is 448 g/mol. The van der Waals surface area contributed by atoms with Crippen molar-refractivity contribution in [3.63, 3.8) is 0 Å². The molecule has 0 unspecified atom stereocenters. The lowest BCUT2D eigenvalue weighted by molar-refractivity contribution is -0.117. The van der Waals surface area contributed by atoms with Crippen LogP contribution in [-0.4, -0.2) is 43.6 Å². The summed E-state index contributed by atoms with van der Waals surface area (Å²) in [5, 5.41) is 13.7. The van der Waals surface area contributed by atoms with Gasteiger partial charge in [-0.1, -0.05) is 13.8 Å². The number of aryl methyl sites for hydroxylation is 1. The zero-order valence-electron chi connectivity index (χ0n) is 18.8. The lowest BCUT2D eigenvalue weighted by atomic mass is 10.1. The Labute approximate surface area is 191 Å². The molecule has 1 aliphatic heterocycles. The first-order chi connectivity index (χ1) is 16.0. The molecular weight excluding hydrogens is 420 g/mol. The van der Waals surface area contributed by atoms with E-state index < -0.39 is 0 Å². The minimum absolute atomic E-state index is 0.132. The molecule has 33 heavy (non-hydrogen) atoms. The standard InChI is InChI=1S/C23H28N8O2/c1-13(2)17-11-19(30-29-17)27-21-15-5-3-6-16(15)26-23(28-21)31-10-4-7-18(31)22(33)25-14-8-9-20(32)24-12-14/h8-9,11-13,18H,3-7,10H2,1-2H3,(H,24,32)(H,25,33)(H2,26,27,28,29,30)/t18-/m1/s1. The van der Waals surface area contributed by atoms with Crippen LogP contribution in [0.4, 0.5) is 23.3 Å². The molecule has 1 amide bonds. The third kappa shape index (κ3) is 4.33. The normalized spacial score (nSPS) is 17.4. The summed E-state index contributed by atoms with van der Waals surface area (Å²) in [6.45, 7) is 4.94. The van der Waals surface area contributed by atoms with Crippen molar-refractivity contribution < 1.29 is 4.79 Å². The second-order valence-corrected chi connectivity index (χ2v) is 8.92. The molecule has 1 aliphatic carbocycles. The Morgan fingerprint density at radius 2 is 2.09 bits per heavy atom. The summed E-state index contributed by atoms with van der Waals surface area (Å²) in [5.74, 6) is 2.28. The Kier molecular flexibility index (Phi) is 5.57. The fourth-order valence-corrected chi connectivity index (χ4v) is 4.46. The highest BCUT2D eigenvalue weighted by Gasteiger charge is 2.34. The van der Waals surface area contributed by atoms with Crippen molar-refractivity contribution in [2.75, 3.05) is 22.1 Å². The lowest BCUT2D eigenvalue weighted by Gasteiger charge is -2.25. The van der Waals surface area contributed by atoms with Crippen LogP contribution in [-0.2, 0) is 17.6 Å². The van der Waals surface area contributed by atoms with E-state index in [1.54, 1.807) is 6.07 Å². The maximum atomic E-state index is 13.0. The van der Waals surface area contributed by atoms with Gasteiger partial charge in [0.25, 0.3) is 0 Å². The van der Waals surface area contributed by atoms with Gasteiger partial charge in [0, 0.05) is 36.1 Å². The zero-order chi connectivity index (χ0) is 22.9. The predicted octanol–water partition coefficient (Wildman–Crippen LogP) is 2.85. The SMILES string of the molecule is CC(C)c1cc(Nc2nc(N3CCC[C@@H]3C(=O)Nc3ccc(=O)[nH]c3)nc3c2CCC3)n[nH]1. The van der Waals surface area contributed by atoms with Crippen molar-refractivity contribution >= 4 is 29.2 Å². The van der Waals surface area contributed by atoms with Gasteiger partial charge in [0.05, 0.1) is 11.4 Å². The Bertz CT molecular complexity index is 1210. The number of nitrogens with one attached hydrogen (secondary N) is 4. The van der Waals surface area contributed by atoms with Gasteiger partial charge >= 0.3 is 0 Å². The number of nitrogens with zero attached hydrogens (tertiary/aromatic N) is 4. The molecule has 0 aromatic carbocycles. The number of carbonyl (C=O) groups is 1. The van der Waals surface area contributed by atoms with E-state index in [0.29, 0.717) is 24.1 Å². The molecule has 3 aromatic rings. The quantitative estimate of drug-likeness (QED) is 0.456. The molecule has 1 fully saturated rings. The Hall–Kier alpha value is -3.69. The summed E-state index contributed by atoms with van der Waals surface area (Å²) in [4.78, 5) is 38.6. The summed E-state index contributed by atoms with van der Waals surface area (Å²) < 4.78 is 0. The fourth-order valence-electron chi connectivity index (χ4n) is 4.46. The van der Waals surface area contributed by atoms with Gasteiger partial charge in [-0.15, -0.1) is 0 Å². The van der Waals surface area contributed by atoms with Crippen molar-refractivity contribution in [3.05, 3.63) is 51.7 Å². The topological polar surface area (TPSA) is 132 Å². The zero-order valence-corrected chi connectivity index (χ0v) is 18.8. The molecule has 1 saturated heterocycles. The van der Waals surface area contributed by atoms with Crippen LogP contribution >= 0.6 is 0 Å². The third-order valence-electron chi connectivity index (χ3n) is 6.25. The number of hydrogen-bond acceptors (Lipinski definition) is 7. The van der Waals surface area contributed by atoms with E-state index in [1.807, 2.05) is 11.0 Å². The summed E-state index contributed by atoms with van der Waals surface area (Å²) >= 11 is 0. The molecule has 172 valence electrons. The maximum absolute atomic E-state index is 13.0. The molecule has 3 aromatic heterocycles. The highest BCUT2D eigenvalue weighted by Crippen LogP contribution is 2.33. The van der Waals surface area contributed by atoms with E-state index in [4.69, 9.17) is 9.97 Å². The predicted molar refractivity (Wildman–Crippen MR) is 126 cm³/mol. The van der Waals surface area contributed by atoms with Crippen LogP contribution in [0.25, 0.3) is 0 Å². The first-order valence-corrected chi connectivity index (χ1v) is 11.5. The second kappa shape index (κ2) is 8.68. The summed E-state index contributed by atoms with van der Waals surface area (Å²) in [6, 6.07) is 4.62. The molecule has 4 N–H and O–H groups in total. The third-order valence-corrected chi connectivity index (χ3v) is 6.25. The van der Waals surface area contributed by atoms with Crippen LogP contribution in [0.2, 0.25) is 0 Å². The molecule has 0 saturated carbocycles. The number of pyridine rings is 1. The van der Waals surface area contributed by atoms with Gasteiger partial charge in [-0.3, -0.25) is 14.7 Å². The first-order valence-electron chi connectivity index (χ1n) is 11.5. The average Bonchev–Trinajstić information content (AvgIpc) is 3.55. The Balaban J connectivity index is 1.40. The van der Waals surface area contributed by atoms with E-state index in [1.165, 1.54) is 12.3 Å². The fraction of sp³-hybridized carbons (Fsp3) is 0.435. The number of aromatic amines is 2. The number of fused-ring (bicyclic) bond motifs is 1. The van der Waals surface area contributed by atoms with Crippen molar-refractivity contribution in [2.45, 2.75) is 57.9 Å². The number of amides is 1. The summed E-state index contributed by atoms with van der Waals surface area (Å²) in [5.41, 5.74) is 3.57. The molecule has 10 heteroatoms. The smallest absolute Gasteiger partial charge is 0.248 e. The maximum Gasteiger partial charge on any atom is 0.248 e. The van der Waals surface area contributed by atoms with Gasteiger partial charge in [-0.25, -0.2) is 4.98 Å². The van der Waals surface area contributed by atoms with E-state index in [2.05, 4.69) is 39.7 Å². The number of carbonyl (C=O) groups excluding carboxylic acids is 1. The van der Waals surface area contributed by atoms with Gasteiger partial charge in [-0.2, -0.15) is 10.1 Å². The summed E-state index contributed by atoms with van der Waals surface area (Å²) in [7, 11) is 0. The largest absolute Gasteiger partial charge is 0.329 e. The molecule has 2 aliphatic rings. The van der Waals surface area contributed by atoms with Crippen molar-refractivity contribution in [1.82, 2.24) is 25.1 Å². The minimum atomic E-state index is -0.373. The number of H-pyrrole nitrogens is 2. The molecule has 4 heterocycles. The van der Waals surface area contributed by atoms with Crippen LogP contribution in [0.1, 0.15) is 56.0 Å². The van der Waals surface area contributed by atoms with Crippen LogP contribution < -0.4 is 21.1 Å². The van der Waals surface area contributed by atoms with Crippen LogP contribution in [0, 0.1) is 0 Å². The number of anilines is 4. The van der Waals surface area contributed by atoms with Crippen LogP contribution in [0.5, 0.6) is 0 Å². The van der Waals surface area contributed by atoms with Gasteiger partial charge in [-0.05, 0) is 44.1 Å². The van der Waals surface area contributed by atoms with E-state index in [-0.39, 0.29) is 17.5 Å².